The molecule has 12 N–H and O–H groups in total. The van der Waals surface area contributed by atoms with E-state index in [1.54, 1.807) is 12.1 Å². The molecule has 1 rings (SSSR count). The van der Waals surface area contributed by atoms with E-state index in [2.05, 4.69) is 20.9 Å². The van der Waals surface area contributed by atoms with Gasteiger partial charge in [-0.1, -0.05) is 12.1 Å². The van der Waals surface area contributed by atoms with Gasteiger partial charge >= 0.3 is 5.97 Å². The highest BCUT2D eigenvalue weighted by Gasteiger charge is 2.31. The Morgan fingerprint density at radius 3 is 2.11 bits per heavy atom. The first-order valence-corrected chi connectivity index (χ1v) is 11.2. The minimum atomic E-state index is -1.45. The summed E-state index contributed by atoms with van der Waals surface area (Å²) in [5.41, 5.74) is 17.1. The highest BCUT2D eigenvalue weighted by atomic mass is 16.4. The number of hydrogen-bond acceptors (Lipinski definition) is 8. The van der Waals surface area contributed by atoms with E-state index in [4.69, 9.17) is 22.3 Å². The molecule has 0 heterocycles. The number of hydrogen-bond donors (Lipinski definition) is 9. The van der Waals surface area contributed by atoms with Crippen LogP contribution in [0.5, 0.6) is 5.75 Å². The van der Waals surface area contributed by atoms with Gasteiger partial charge in [0.25, 0.3) is 0 Å². The molecule has 0 aliphatic heterocycles. The Bertz CT molecular complexity index is 933. The number of carboxylic acids is 1. The number of nitrogens with zero attached hydrogens (tertiary/aromatic N) is 1. The molecule has 0 saturated carbocycles. The largest absolute Gasteiger partial charge is 0.508 e. The molecule has 0 aliphatic carbocycles. The predicted octanol–water partition coefficient (Wildman–Crippen LogP) is -2.74. The molecule has 1 aromatic rings. The van der Waals surface area contributed by atoms with Crippen LogP contribution in [0.4, 0.5) is 0 Å². The van der Waals surface area contributed by atoms with Gasteiger partial charge in [-0.25, -0.2) is 0 Å². The van der Waals surface area contributed by atoms with E-state index < -0.39 is 54.0 Å². The molecule has 0 aliphatic rings. The van der Waals surface area contributed by atoms with Crippen molar-refractivity contribution >= 4 is 29.7 Å². The molecular weight excluding hydrogens is 474 g/mol. The smallest absolute Gasteiger partial charge is 0.325 e. The minimum Gasteiger partial charge on any atom is -0.508 e. The molecule has 14 heteroatoms. The molecule has 5 atom stereocenters. The van der Waals surface area contributed by atoms with Gasteiger partial charge in [-0.15, -0.1) is 0 Å². The van der Waals surface area contributed by atoms with Crippen molar-refractivity contribution in [2.75, 3.05) is 6.54 Å². The maximum Gasteiger partial charge on any atom is 0.325 e. The average Bonchev–Trinajstić information content (AvgIpc) is 2.79. The fourth-order valence-corrected chi connectivity index (χ4v) is 3.05. The molecule has 36 heavy (non-hydrogen) atoms. The standard InChI is InChI=1S/C22H35N7O7/c1-11(21(35)36)27-19(33)16(4-3-9-26-22(24)25)28-20(34)17(12(2)30)29-18(32)15(23)10-13-5-7-14(31)8-6-13/h5-8,11-12,15-17,30-31H,3-4,9-10,23H2,1-2H3,(H,27,33)(H,28,34)(H,29,32)(H,35,36)(H4,24,25,26). The van der Waals surface area contributed by atoms with Gasteiger partial charge in [0.2, 0.25) is 17.7 Å². The number of aliphatic hydroxyl groups is 1. The Morgan fingerprint density at radius 1 is 0.972 bits per heavy atom. The number of benzene rings is 1. The minimum absolute atomic E-state index is 0.0432. The average molecular weight is 510 g/mol. The van der Waals surface area contributed by atoms with Gasteiger partial charge in [0.15, 0.2) is 5.96 Å². The Hall–Kier alpha value is -3.91. The van der Waals surface area contributed by atoms with Crippen LogP contribution in [-0.4, -0.2) is 81.8 Å². The second kappa shape index (κ2) is 14.5. The molecule has 0 radical (unpaired) electrons. The molecule has 0 fully saturated rings. The number of amides is 3. The molecular formula is C22H35N7O7. The van der Waals surface area contributed by atoms with Gasteiger partial charge in [0, 0.05) is 6.54 Å². The molecule has 200 valence electrons. The summed E-state index contributed by atoms with van der Waals surface area (Å²) >= 11 is 0. The van der Waals surface area contributed by atoms with E-state index in [1.165, 1.54) is 26.0 Å². The van der Waals surface area contributed by atoms with Crippen LogP contribution < -0.4 is 33.2 Å². The zero-order valence-electron chi connectivity index (χ0n) is 20.2. The Labute approximate surface area is 208 Å². The summed E-state index contributed by atoms with van der Waals surface area (Å²) in [7, 11) is 0. The molecule has 3 amide bonds. The zero-order valence-corrected chi connectivity index (χ0v) is 20.2. The summed E-state index contributed by atoms with van der Waals surface area (Å²) in [5, 5.41) is 35.6. The van der Waals surface area contributed by atoms with Crippen LogP contribution in [0.1, 0.15) is 32.3 Å². The maximum atomic E-state index is 12.9. The first-order chi connectivity index (χ1) is 16.8. The van der Waals surface area contributed by atoms with Gasteiger partial charge in [0.1, 0.15) is 23.9 Å². The number of rotatable bonds is 14. The molecule has 0 spiro atoms. The number of carbonyl (C=O) groups excluding carboxylic acids is 3. The lowest BCUT2D eigenvalue weighted by molar-refractivity contribution is -0.142. The number of nitrogens with two attached hydrogens (primary N) is 3. The number of aliphatic hydroxyl groups excluding tert-OH is 1. The lowest BCUT2D eigenvalue weighted by atomic mass is 10.0. The number of aromatic hydroxyl groups is 1. The van der Waals surface area contributed by atoms with Gasteiger partial charge < -0.3 is 48.5 Å². The lowest BCUT2D eigenvalue weighted by Crippen LogP contribution is -2.59. The molecule has 0 bridgehead atoms. The van der Waals surface area contributed by atoms with Gasteiger partial charge in [-0.2, -0.15) is 0 Å². The molecule has 1 aromatic carbocycles. The molecule has 5 unspecified atom stereocenters. The van der Waals surface area contributed by atoms with E-state index in [0.717, 1.165) is 0 Å². The zero-order chi connectivity index (χ0) is 27.4. The van der Waals surface area contributed by atoms with Crippen LogP contribution >= 0.6 is 0 Å². The first kappa shape index (κ1) is 30.1. The van der Waals surface area contributed by atoms with E-state index in [-0.39, 0.29) is 37.5 Å². The highest BCUT2D eigenvalue weighted by Crippen LogP contribution is 2.11. The summed E-state index contributed by atoms with van der Waals surface area (Å²) in [6, 6.07) is 1.12. The topological polar surface area (TPSA) is 255 Å². The summed E-state index contributed by atoms with van der Waals surface area (Å²) in [6.45, 7) is 2.68. The van der Waals surface area contributed by atoms with E-state index in [1.807, 2.05) is 0 Å². The molecule has 0 saturated heterocycles. The fourth-order valence-electron chi connectivity index (χ4n) is 3.05. The van der Waals surface area contributed by atoms with E-state index in [9.17, 15) is 29.4 Å². The monoisotopic (exact) mass is 509 g/mol. The third-order valence-electron chi connectivity index (χ3n) is 5.10. The van der Waals surface area contributed by atoms with Crippen LogP contribution in [0.15, 0.2) is 29.3 Å². The van der Waals surface area contributed by atoms with Crippen molar-refractivity contribution in [3.63, 3.8) is 0 Å². The van der Waals surface area contributed by atoms with Crippen LogP contribution in [0.25, 0.3) is 0 Å². The van der Waals surface area contributed by atoms with E-state index >= 15 is 0 Å². The van der Waals surface area contributed by atoms with Gasteiger partial charge in [0.05, 0.1) is 12.1 Å². The van der Waals surface area contributed by atoms with Crippen molar-refractivity contribution < 1.29 is 34.5 Å². The van der Waals surface area contributed by atoms with Crippen LogP contribution in [0.3, 0.4) is 0 Å². The predicted molar refractivity (Wildman–Crippen MR) is 130 cm³/mol. The van der Waals surface area contributed by atoms with Crippen molar-refractivity contribution in [3.05, 3.63) is 29.8 Å². The third-order valence-corrected chi connectivity index (χ3v) is 5.10. The molecule has 0 aromatic heterocycles. The summed E-state index contributed by atoms with van der Waals surface area (Å²) in [4.78, 5) is 53.0. The van der Waals surface area contributed by atoms with Gasteiger partial charge in [-0.3, -0.25) is 24.2 Å². The Kier molecular flexibility index (Phi) is 12.1. The van der Waals surface area contributed by atoms with Crippen molar-refractivity contribution in [2.24, 2.45) is 22.2 Å². The number of aliphatic imine (C=N–C) groups is 1. The number of phenolic OH excluding ortho intramolecular Hbond substituents is 1. The van der Waals surface area contributed by atoms with Crippen molar-refractivity contribution in [3.8, 4) is 5.75 Å². The quantitative estimate of drug-likeness (QED) is 0.0709. The number of nitrogens with one attached hydrogen (secondary N) is 3. The van der Waals surface area contributed by atoms with Crippen LogP contribution in [-0.2, 0) is 25.6 Å². The Morgan fingerprint density at radius 2 is 1.58 bits per heavy atom. The second-order valence-electron chi connectivity index (χ2n) is 8.28. The number of phenols is 1. The number of aliphatic carboxylic acids is 1. The normalized spacial score (nSPS) is 14.9. The fraction of sp³-hybridized carbons (Fsp3) is 0.500. The van der Waals surface area contributed by atoms with Crippen LogP contribution in [0, 0.1) is 0 Å². The third kappa shape index (κ3) is 10.6. The van der Waals surface area contributed by atoms with Crippen molar-refractivity contribution in [2.45, 2.75) is 63.4 Å². The summed E-state index contributed by atoms with van der Waals surface area (Å²) in [6.07, 6.45) is -0.941. The highest BCUT2D eigenvalue weighted by molar-refractivity contribution is 5.94. The number of guanidine groups is 1. The second-order valence-corrected chi connectivity index (χ2v) is 8.28. The maximum absolute atomic E-state index is 12.9. The number of carboxylic acid groups (broad SMARTS) is 1. The van der Waals surface area contributed by atoms with Crippen LogP contribution in [0.2, 0.25) is 0 Å². The lowest BCUT2D eigenvalue weighted by Gasteiger charge is -2.26. The Balaban J connectivity index is 2.90. The summed E-state index contributed by atoms with van der Waals surface area (Å²) < 4.78 is 0. The SMILES string of the molecule is CC(NC(=O)C(CCCN=C(N)N)NC(=O)C(NC(=O)C(N)Cc1ccc(O)cc1)C(C)O)C(=O)O. The first-order valence-electron chi connectivity index (χ1n) is 11.2. The molecule has 14 nitrogen and oxygen atoms in total. The summed E-state index contributed by atoms with van der Waals surface area (Å²) in [5.74, 6) is -3.75. The van der Waals surface area contributed by atoms with Crippen molar-refractivity contribution in [1.29, 1.82) is 0 Å². The van der Waals surface area contributed by atoms with Gasteiger partial charge in [-0.05, 0) is 50.8 Å². The number of carbonyl (C=O) groups is 4. The van der Waals surface area contributed by atoms with Crippen molar-refractivity contribution in [1.82, 2.24) is 16.0 Å². The van der Waals surface area contributed by atoms with E-state index in [0.29, 0.717) is 5.56 Å².